The van der Waals surface area contributed by atoms with Crippen molar-refractivity contribution >= 4 is 28.6 Å². The number of aromatic nitrogens is 2. The molecule has 0 atom stereocenters. The largest absolute Gasteiger partial charge is 0.351 e. The van der Waals surface area contributed by atoms with Gasteiger partial charge in [0.15, 0.2) is 5.82 Å². The first-order valence-electron chi connectivity index (χ1n) is 9.66. The summed E-state index contributed by atoms with van der Waals surface area (Å²) in [6, 6.07) is 17.9. The molecule has 1 heterocycles. The molecule has 0 unspecified atom stereocenters. The van der Waals surface area contributed by atoms with Crippen molar-refractivity contribution in [2.24, 2.45) is 0 Å². The molecule has 0 aliphatic rings. The number of thioether (sulfide) groups is 1. The predicted molar refractivity (Wildman–Crippen MR) is 119 cm³/mol. The molecule has 0 bridgehead atoms. The number of hydrogen-bond donors (Lipinski definition) is 1. The van der Waals surface area contributed by atoms with Crippen LogP contribution in [0.15, 0.2) is 71.8 Å². The first kappa shape index (κ1) is 20.9. The number of hydrogen-bond acceptors (Lipinski definition) is 4. The fourth-order valence-corrected chi connectivity index (χ4v) is 3.89. The summed E-state index contributed by atoms with van der Waals surface area (Å²) in [6.07, 6.45) is 0. The maximum Gasteiger partial charge on any atom is 0.230 e. The highest BCUT2D eigenvalue weighted by atomic mass is 32.2. The van der Waals surface area contributed by atoms with Crippen molar-refractivity contribution < 1.29 is 13.6 Å². The van der Waals surface area contributed by atoms with Gasteiger partial charge >= 0.3 is 0 Å². The van der Waals surface area contributed by atoms with Crippen molar-refractivity contribution in [2.45, 2.75) is 18.5 Å². The molecular weight excluding hydrogens is 416 g/mol. The Bertz CT molecular complexity index is 1230. The minimum absolute atomic E-state index is 0.156. The minimum atomic E-state index is -0.326. The average molecular weight is 435 g/mol. The molecule has 156 valence electrons. The predicted octanol–water partition coefficient (Wildman–Crippen LogP) is 5.29. The molecule has 1 amide bonds. The third-order valence-corrected chi connectivity index (χ3v) is 5.65. The van der Waals surface area contributed by atoms with E-state index >= 15 is 0 Å². The molecule has 0 spiro atoms. The molecule has 1 aromatic heterocycles. The van der Waals surface area contributed by atoms with Gasteiger partial charge in [0.2, 0.25) is 5.91 Å². The molecule has 4 aromatic rings. The van der Waals surface area contributed by atoms with E-state index in [2.05, 4.69) is 15.3 Å². The second-order valence-electron chi connectivity index (χ2n) is 7.07. The van der Waals surface area contributed by atoms with E-state index in [0.29, 0.717) is 23.0 Å². The highest BCUT2D eigenvalue weighted by Gasteiger charge is 2.12. The zero-order valence-corrected chi connectivity index (χ0v) is 17.5. The van der Waals surface area contributed by atoms with Gasteiger partial charge in [0.05, 0.1) is 11.3 Å². The van der Waals surface area contributed by atoms with Gasteiger partial charge in [0.25, 0.3) is 0 Å². The van der Waals surface area contributed by atoms with Gasteiger partial charge in [-0.15, -0.1) is 0 Å². The molecule has 0 aliphatic heterocycles. The quantitative estimate of drug-likeness (QED) is 0.330. The number of amides is 1. The Kier molecular flexibility index (Phi) is 6.23. The average Bonchev–Trinajstić information content (AvgIpc) is 2.77. The highest BCUT2D eigenvalue weighted by Crippen LogP contribution is 2.29. The third-order valence-electron chi connectivity index (χ3n) is 4.66. The van der Waals surface area contributed by atoms with Crippen LogP contribution >= 0.6 is 11.8 Å². The van der Waals surface area contributed by atoms with E-state index in [4.69, 9.17) is 0 Å². The van der Waals surface area contributed by atoms with Crippen LogP contribution in [0.5, 0.6) is 0 Å². The minimum Gasteiger partial charge on any atom is -0.351 e. The Morgan fingerprint density at radius 2 is 1.61 bits per heavy atom. The van der Waals surface area contributed by atoms with Gasteiger partial charge in [-0.2, -0.15) is 0 Å². The lowest BCUT2D eigenvalue weighted by Crippen LogP contribution is -2.24. The number of nitrogens with one attached hydrogen (secondary N) is 1. The smallest absolute Gasteiger partial charge is 0.230 e. The van der Waals surface area contributed by atoms with Crippen LogP contribution in [0.2, 0.25) is 0 Å². The Morgan fingerprint density at radius 1 is 0.935 bits per heavy atom. The van der Waals surface area contributed by atoms with Crippen LogP contribution in [0.3, 0.4) is 0 Å². The summed E-state index contributed by atoms with van der Waals surface area (Å²) in [5, 5.41) is 4.37. The van der Waals surface area contributed by atoms with E-state index in [1.807, 2.05) is 25.1 Å². The van der Waals surface area contributed by atoms with Crippen LogP contribution in [-0.4, -0.2) is 21.6 Å². The molecule has 4 rings (SSSR count). The van der Waals surface area contributed by atoms with Gasteiger partial charge in [0, 0.05) is 17.5 Å². The molecule has 1 N–H and O–H groups in total. The van der Waals surface area contributed by atoms with Gasteiger partial charge in [-0.3, -0.25) is 4.79 Å². The van der Waals surface area contributed by atoms with Gasteiger partial charge in [-0.1, -0.05) is 30.0 Å². The molecule has 0 saturated heterocycles. The second-order valence-corrected chi connectivity index (χ2v) is 8.04. The van der Waals surface area contributed by atoms with E-state index in [-0.39, 0.29) is 23.3 Å². The van der Waals surface area contributed by atoms with E-state index in [1.54, 1.807) is 24.3 Å². The molecule has 0 radical (unpaired) electrons. The van der Waals surface area contributed by atoms with E-state index < -0.39 is 0 Å². The first-order chi connectivity index (χ1) is 15.0. The van der Waals surface area contributed by atoms with Crippen molar-refractivity contribution in [3.63, 3.8) is 0 Å². The summed E-state index contributed by atoms with van der Waals surface area (Å²) in [5.74, 6) is -0.144. The molecule has 0 fully saturated rings. The summed E-state index contributed by atoms with van der Waals surface area (Å²) in [4.78, 5) is 21.6. The Balaban J connectivity index is 1.53. The molecular formula is C24H19F2N3OS. The highest BCUT2D eigenvalue weighted by molar-refractivity contribution is 8.00. The Hall–Kier alpha value is -3.32. The van der Waals surface area contributed by atoms with Crippen molar-refractivity contribution in [2.75, 3.05) is 5.75 Å². The van der Waals surface area contributed by atoms with Crippen LogP contribution in [-0.2, 0) is 11.3 Å². The lowest BCUT2D eigenvalue weighted by atomic mass is 10.1. The number of halogens is 2. The molecule has 3 aromatic carbocycles. The SMILES string of the molecule is Cc1ccc2c(SCC(=O)NCc3ccc(F)cc3)nc(-c3ccc(F)cc3)nc2c1. The summed E-state index contributed by atoms with van der Waals surface area (Å²) in [6.45, 7) is 2.30. The van der Waals surface area contributed by atoms with E-state index in [0.717, 1.165) is 22.0 Å². The molecule has 31 heavy (non-hydrogen) atoms. The summed E-state index contributed by atoms with van der Waals surface area (Å²) < 4.78 is 26.3. The molecule has 0 aliphatic carbocycles. The first-order valence-corrected chi connectivity index (χ1v) is 10.6. The number of rotatable bonds is 6. The lowest BCUT2D eigenvalue weighted by Gasteiger charge is -2.10. The maximum atomic E-state index is 13.3. The number of fused-ring (bicyclic) bond motifs is 1. The normalized spacial score (nSPS) is 10.9. The van der Waals surface area contributed by atoms with Gasteiger partial charge < -0.3 is 5.32 Å². The number of aryl methyl sites for hydroxylation is 1. The zero-order chi connectivity index (χ0) is 21.8. The lowest BCUT2D eigenvalue weighted by molar-refractivity contribution is -0.118. The van der Waals surface area contributed by atoms with Crippen molar-refractivity contribution in [1.29, 1.82) is 0 Å². The van der Waals surface area contributed by atoms with Crippen LogP contribution in [0.4, 0.5) is 8.78 Å². The van der Waals surface area contributed by atoms with Gasteiger partial charge in [-0.05, 0) is 66.6 Å². The maximum absolute atomic E-state index is 13.3. The molecule has 0 saturated carbocycles. The van der Waals surface area contributed by atoms with Gasteiger partial charge in [0.1, 0.15) is 16.7 Å². The fourth-order valence-electron chi connectivity index (χ4n) is 3.04. The van der Waals surface area contributed by atoms with Crippen LogP contribution < -0.4 is 5.32 Å². The monoisotopic (exact) mass is 435 g/mol. The standard InChI is InChI=1S/C24H19F2N3OS/c1-15-2-11-20-21(12-15)28-23(17-5-9-19(26)10-6-17)29-24(20)31-14-22(30)27-13-16-3-7-18(25)8-4-16/h2-12H,13-14H2,1H3,(H,27,30). The number of carbonyl (C=O) groups excluding carboxylic acids is 1. The topological polar surface area (TPSA) is 54.9 Å². The third kappa shape index (κ3) is 5.24. The van der Waals surface area contributed by atoms with E-state index in [1.165, 1.54) is 36.0 Å². The number of benzene rings is 3. The number of carbonyl (C=O) groups is 1. The molecule has 7 heteroatoms. The molecule has 4 nitrogen and oxygen atoms in total. The van der Waals surface area contributed by atoms with E-state index in [9.17, 15) is 13.6 Å². The van der Waals surface area contributed by atoms with Gasteiger partial charge in [-0.25, -0.2) is 18.7 Å². The summed E-state index contributed by atoms with van der Waals surface area (Å²) >= 11 is 1.32. The van der Waals surface area contributed by atoms with Crippen molar-refractivity contribution in [1.82, 2.24) is 15.3 Å². The van der Waals surface area contributed by atoms with Crippen molar-refractivity contribution in [3.05, 3.63) is 89.5 Å². The zero-order valence-electron chi connectivity index (χ0n) is 16.7. The Labute approximate surface area is 182 Å². The summed E-state index contributed by atoms with van der Waals surface area (Å²) in [7, 11) is 0. The van der Waals surface area contributed by atoms with Crippen LogP contribution in [0.25, 0.3) is 22.3 Å². The fraction of sp³-hybridized carbons (Fsp3) is 0.125. The van der Waals surface area contributed by atoms with Crippen LogP contribution in [0.1, 0.15) is 11.1 Å². The van der Waals surface area contributed by atoms with Crippen LogP contribution in [0, 0.1) is 18.6 Å². The van der Waals surface area contributed by atoms with Crippen molar-refractivity contribution in [3.8, 4) is 11.4 Å². The number of nitrogens with zero attached hydrogens (tertiary/aromatic N) is 2. The summed E-state index contributed by atoms with van der Waals surface area (Å²) in [5.41, 5.74) is 3.35. The second kappa shape index (κ2) is 9.22. The Morgan fingerprint density at radius 3 is 2.32 bits per heavy atom.